The van der Waals surface area contributed by atoms with Crippen LogP contribution >= 0.6 is 0 Å². The fourth-order valence-electron chi connectivity index (χ4n) is 2.34. The van der Waals surface area contributed by atoms with Crippen molar-refractivity contribution in [3.8, 4) is 17.6 Å². The van der Waals surface area contributed by atoms with Crippen LogP contribution in [0.1, 0.15) is 31.0 Å². The Hall–Kier alpha value is -3.20. The highest BCUT2D eigenvalue weighted by molar-refractivity contribution is 5.79. The number of carboxylic acids is 1. The van der Waals surface area contributed by atoms with Crippen molar-refractivity contribution in [2.75, 3.05) is 18.5 Å². The Labute approximate surface area is 146 Å². The minimum atomic E-state index is -1.02. The van der Waals surface area contributed by atoms with Gasteiger partial charge in [0.2, 0.25) is 0 Å². The molecular formula is C19H20N2O4. The summed E-state index contributed by atoms with van der Waals surface area (Å²) in [5.74, 6) is 0.0707. The third kappa shape index (κ3) is 4.64. The quantitative estimate of drug-likeness (QED) is 0.763. The van der Waals surface area contributed by atoms with E-state index in [1.165, 1.54) is 0 Å². The third-order valence-electron chi connectivity index (χ3n) is 3.47. The second-order valence-electron chi connectivity index (χ2n) is 5.18. The molecule has 0 bridgehead atoms. The van der Waals surface area contributed by atoms with E-state index in [-0.39, 0.29) is 0 Å². The summed E-state index contributed by atoms with van der Waals surface area (Å²) in [6.45, 7) is 4.66. The summed E-state index contributed by atoms with van der Waals surface area (Å²) in [7, 11) is 0. The molecule has 0 amide bonds. The number of carbonyl (C=O) groups is 1. The number of rotatable bonds is 8. The van der Waals surface area contributed by atoms with E-state index in [2.05, 4.69) is 5.32 Å². The lowest BCUT2D eigenvalue weighted by Gasteiger charge is -2.18. The topological polar surface area (TPSA) is 91.6 Å². The molecule has 0 aliphatic carbocycles. The molecule has 0 fully saturated rings. The van der Waals surface area contributed by atoms with Crippen molar-refractivity contribution in [3.05, 3.63) is 53.6 Å². The number of ether oxygens (including phenoxy) is 2. The summed E-state index contributed by atoms with van der Waals surface area (Å²) in [6, 6.07) is 12.8. The fraction of sp³-hybridized carbons (Fsp3) is 0.263. The highest BCUT2D eigenvalue weighted by atomic mass is 16.5. The van der Waals surface area contributed by atoms with Gasteiger partial charge in [-0.2, -0.15) is 5.26 Å². The van der Waals surface area contributed by atoms with Crippen molar-refractivity contribution in [1.29, 1.82) is 5.26 Å². The minimum Gasteiger partial charge on any atom is -0.490 e. The number of benzene rings is 2. The summed E-state index contributed by atoms with van der Waals surface area (Å²) in [4.78, 5) is 11.7. The van der Waals surface area contributed by atoms with E-state index in [0.717, 1.165) is 0 Å². The molecular weight excluding hydrogens is 320 g/mol. The molecule has 1 unspecified atom stereocenters. The summed E-state index contributed by atoms with van der Waals surface area (Å²) >= 11 is 0. The second kappa shape index (κ2) is 8.60. The third-order valence-corrected chi connectivity index (χ3v) is 3.47. The predicted octanol–water partition coefficient (Wildman–Crippen LogP) is 3.59. The Morgan fingerprint density at radius 3 is 2.32 bits per heavy atom. The number of carboxylic acid groups (broad SMARTS) is 1. The van der Waals surface area contributed by atoms with Gasteiger partial charge in [-0.15, -0.1) is 0 Å². The number of nitriles is 1. The first kappa shape index (κ1) is 18.1. The molecule has 6 nitrogen and oxygen atoms in total. The largest absolute Gasteiger partial charge is 0.490 e. The van der Waals surface area contributed by atoms with Gasteiger partial charge in [0, 0.05) is 5.69 Å². The number of nitrogens with zero attached hydrogens (tertiary/aromatic N) is 1. The van der Waals surface area contributed by atoms with Crippen molar-refractivity contribution >= 4 is 11.7 Å². The van der Waals surface area contributed by atoms with Crippen molar-refractivity contribution in [2.45, 2.75) is 19.9 Å². The molecule has 1 atom stereocenters. The molecule has 2 aromatic carbocycles. The molecule has 0 saturated heterocycles. The van der Waals surface area contributed by atoms with Gasteiger partial charge in [0.05, 0.1) is 24.8 Å². The average molecular weight is 340 g/mol. The average Bonchev–Trinajstić information content (AvgIpc) is 2.62. The highest BCUT2D eigenvalue weighted by Gasteiger charge is 2.21. The normalized spacial score (nSPS) is 11.2. The molecule has 0 spiro atoms. The van der Waals surface area contributed by atoms with Crippen LogP contribution in [0.2, 0.25) is 0 Å². The fourth-order valence-corrected chi connectivity index (χ4v) is 2.34. The van der Waals surface area contributed by atoms with Crippen LogP contribution in [0.25, 0.3) is 0 Å². The van der Waals surface area contributed by atoms with Crippen molar-refractivity contribution < 1.29 is 19.4 Å². The SMILES string of the molecule is CCOc1ccc(C(Nc2ccc(C#N)cc2)C(=O)O)cc1OCC. The summed E-state index contributed by atoms with van der Waals surface area (Å²) in [6.07, 6.45) is 0. The van der Waals surface area contributed by atoms with E-state index in [4.69, 9.17) is 14.7 Å². The summed E-state index contributed by atoms with van der Waals surface area (Å²) in [5, 5.41) is 21.4. The molecule has 0 heterocycles. The van der Waals surface area contributed by atoms with Gasteiger partial charge in [0.25, 0.3) is 0 Å². The zero-order chi connectivity index (χ0) is 18.2. The van der Waals surface area contributed by atoms with E-state index in [0.29, 0.717) is 41.5 Å². The van der Waals surface area contributed by atoms with Crippen LogP contribution in [0.3, 0.4) is 0 Å². The first-order chi connectivity index (χ1) is 12.1. The van der Waals surface area contributed by atoms with E-state index in [9.17, 15) is 9.90 Å². The smallest absolute Gasteiger partial charge is 0.330 e. The van der Waals surface area contributed by atoms with Gasteiger partial charge in [-0.25, -0.2) is 4.79 Å². The number of hydrogen-bond donors (Lipinski definition) is 2. The van der Waals surface area contributed by atoms with Crippen molar-refractivity contribution in [1.82, 2.24) is 0 Å². The molecule has 0 radical (unpaired) electrons. The molecule has 6 heteroatoms. The summed E-state index contributed by atoms with van der Waals surface area (Å²) < 4.78 is 11.1. The van der Waals surface area contributed by atoms with Gasteiger partial charge in [-0.1, -0.05) is 6.07 Å². The van der Waals surface area contributed by atoms with Crippen LogP contribution in [0.15, 0.2) is 42.5 Å². The van der Waals surface area contributed by atoms with Gasteiger partial charge in [-0.05, 0) is 55.8 Å². The maximum Gasteiger partial charge on any atom is 0.330 e. The van der Waals surface area contributed by atoms with Gasteiger partial charge < -0.3 is 19.9 Å². The first-order valence-corrected chi connectivity index (χ1v) is 7.98. The highest BCUT2D eigenvalue weighted by Crippen LogP contribution is 2.32. The Morgan fingerprint density at radius 2 is 1.76 bits per heavy atom. The van der Waals surface area contributed by atoms with Gasteiger partial charge in [-0.3, -0.25) is 0 Å². The molecule has 0 aliphatic heterocycles. The van der Waals surface area contributed by atoms with Crippen LogP contribution in [-0.4, -0.2) is 24.3 Å². The van der Waals surface area contributed by atoms with Crippen molar-refractivity contribution in [3.63, 3.8) is 0 Å². The number of anilines is 1. The van der Waals surface area contributed by atoms with Crippen LogP contribution in [0, 0.1) is 11.3 Å². The van der Waals surface area contributed by atoms with E-state index >= 15 is 0 Å². The van der Waals surface area contributed by atoms with Crippen LogP contribution in [0.4, 0.5) is 5.69 Å². The van der Waals surface area contributed by atoms with Crippen molar-refractivity contribution in [2.24, 2.45) is 0 Å². The first-order valence-electron chi connectivity index (χ1n) is 7.98. The van der Waals surface area contributed by atoms with Crippen LogP contribution < -0.4 is 14.8 Å². The lowest BCUT2D eigenvalue weighted by atomic mass is 10.1. The van der Waals surface area contributed by atoms with Gasteiger partial charge >= 0.3 is 5.97 Å². The zero-order valence-corrected chi connectivity index (χ0v) is 14.2. The van der Waals surface area contributed by atoms with Gasteiger partial charge in [0.1, 0.15) is 0 Å². The number of nitrogens with one attached hydrogen (secondary N) is 1. The minimum absolute atomic E-state index is 0.449. The predicted molar refractivity (Wildman–Crippen MR) is 93.9 cm³/mol. The lowest BCUT2D eigenvalue weighted by molar-refractivity contribution is -0.138. The summed E-state index contributed by atoms with van der Waals surface area (Å²) in [5.41, 5.74) is 1.67. The molecule has 0 saturated carbocycles. The molecule has 130 valence electrons. The number of hydrogen-bond acceptors (Lipinski definition) is 5. The van der Waals surface area contributed by atoms with E-state index in [1.807, 2.05) is 19.9 Å². The van der Waals surface area contributed by atoms with Crippen LogP contribution in [0.5, 0.6) is 11.5 Å². The maximum atomic E-state index is 11.7. The lowest BCUT2D eigenvalue weighted by Crippen LogP contribution is -2.20. The zero-order valence-electron chi connectivity index (χ0n) is 14.2. The monoisotopic (exact) mass is 340 g/mol. The molecule has 2 N–H and O–H groups in total. The van der Waals surface area contributed by atoms with E-state index < -0.39 is 12.0 Å². The maximum absolute atomic E-state index is 11.7. The standard InChI is InChI=1S/C19H20N2O4/c1-3-24-16-10-7-14(11-17(16)25-4-2)18(19(22)23)21-15-8-5-13(12-20)6-9-15/h5-11,18,21H,3-4H2,1-2H3,(H,22,23). The Kier molecular flexibility index (Phi) is 6.24. The van der Waals surface area contributed by atoms with E-state index in [1.54, 1.807) is 42.5 Å². The van der Waals surface area contributed by atoms with Crippen LogP contribution in [-0.2, 0) is 4.79 Å². The Morgan fingerprint density at radius 1 is 1.12 bits per heavy atom. The number of aliphatic carboxylic acids is 1. The molecule has 2 rings (SSSR count). The molecule has 0 aromatic heterocycles. The Bertz CT molecular complexity index is 766. The molecule has 0 aliphatic rings. The van der Waals surface area contributed by atoms with Gasteiger partial charge in [0.15, 0.2) is 17.5 Å². The Balaban J connectivity index is 2.31. The second-order valence-corrected chi connectivity index (χ2v) is 5.18. The molecule has 25 heavy (non-hydrogen) atoms. The molecule has 2 aromatic rings.